The van der Waals surface area contributed by atoms with E-state index in [1.165, 1.54) is 13.8 Å². The van der Waals surface area contributed by atoms with Crippen molar-refractivity contribution in [3.8, 4) is 0 Å². The first-order chi connectivity index (χ1) is 12.4. The quantitative estimate of drug-likeness (QED) is 0.761. The topological polar surface area (TPSA) is 84.5 Å². The molecular weight excluding hydrogens is 356 g/mol. The second-order valence-corrected chi connectivity index (χ2v) is 6.08. The van der Waals surface area contributed by atoms with E-state index in [1.807, 2.05) is 0 Å². The van der Waals surface area contributed by atoms with Crippen LogP contribution >= 0.6 is 11.6 Å². The molecule has 136 valence electrons. The Balaban J connectivity index is 1.87. The molecule has 0 aliphatic carbocycles. The Bertz CT molecular complexity index is 795. The number of benzene rings is 2. The number of amides is 2. The van der Waals surface area contributed by atoms with Crippen LogP contribution in [0.3, 0.4) is 0 Å². The van der Waals surface area contributed by atoms with Crippen LogP contribution in [0, 0.1) is 0 Å². The van der Waals surface area contributed by atoms with E-state index >= 15 is 0 Å². The molecule has 6 nitrogen and oxygen atoms in total. The highest BCUT2D eigenvalue weighted by Gasteiger charge is 2.23. The summed E-state index contributed by atoms with van der Waals surface area (Å²) in [6, 6.07) is 14.2. The SMILES string of the molecule is C[C@H](NC(=O)c1ccccc1)C(=O)O[C@@H](C)C(=O)Nc1cccc(Cl)c1. The summed E-state index contributed by atoms with van der Waals surface area (Å²) >= 11 is 5.86. The molecule has 2 rings (SSSR count). The van der Waals surface area contributed by atoms with Gasteiger partial charge in [0.1, 0.15) is 6.04 Å². The number of hydrogen-bond donors (Lipinski definition) is 2. The number of nitrogens with one attached hydrogen (secondary N) is 2. The third-order valence-electron chi connectivity index (χ3n) is 3.49. The average molecular weight is 375 g/mol. The van der Waals surface area contributed by atoms with Gasteiger partial charge in [0.2, 0.25) is 0 Å². The van der Waals surface area contributed by atoms with Crippen molar-refractivity contribution in [3.05, 3.63) is 65.2 Å². The Morgan fingerprint density at radius 3 is 2.35 bits per heavy atom. The Hall–Kier alpha value is -2.86. The van der Waals surface area contributed by atoms with Crippen LogP contribution in [0.25, 0.3) is 0 Å². The zero-order valence-corrected chi connectivity index (χ0v) is 15.1. The predicted molar refractivity (Wildman–Crippen MR) is 99.0 cm³/mol. The number of halogens is 1. The van der Waals surface area contributed by atoms with E-state index in [0.717, 1.165) is 0 Å². The van der Waals surface area contributed by atoms with Crippen molar-refractivity contribution >= 4 is 35.1 Å². The molecule has 0 spiro atoms. The minimum absolute atomic E-state index is 0.397. The first kappa shape index (κ1) is 19.5. The summed E-state index contributed by atoms with van der Waals surface area (Å²) in [5.74, 6) is -1.60. The van der Waals surface area contributed by atoms with Gasteiger partial charge in [-0.25, -0.2) is 4.79 Å². The van der Waals surface area contributed by atoms with Crippen molar-refractivity contribution < 1.29 is 19.1 Å². The molecule has 0 fully saturated rings. The number of hydrogen-bond acceptors (Lipinski definition) is 4. The highest BCUT2D eigenvalue weighted by molar-refractivity contribution is 6.30. The Morgan fingerprint density at radius 1 is 1.00 bits per heavy atom. The molecular formula is C19H19ClN2O4. The van der Waals surface area contributed by atoms with Crippen LogP contribution in [-0.4, -0.2) is 29.9 Å². The minimum Gasteiger partial charge on any atom is -0.451 e. The van der Waals surface area contributed by atoms with E-state index in [9.17, 15) is 14.4 Å². The standard InChI is InChI=1S/C19H19ClN2O4/c1-12(21-18(24)14-7-4-3-5-8-14)19(25)26-13(2)17(23)22-16-10-6-9-15(20)11-16/h3-13H,1-2H3,(H,21,24)(H,22,23)/t12-,13-/m0/s1. The van der Waals surface area contributed by atoms with Crippen molar-refractivity contribution in [2.75, 3.05) is 5.32 Å². The summed E-state index contributed by atoms with van der Waals surface area (Å²) in [5.41, 5.74) is 0.926. The van der Waals surface area contributed by atoms with Crippen LogP contribution in [0.4, 0.5) is 5.69 Å². The number of carbonyl (C=O) groups is 3. The van der Waals surface area contributed by atoms with Crippen molar-refractivity contribution in [2.24, 2.45) is 0 Å². The van der Waals surface area contributed by atoms with Crippen LogP contribution < -0.4 is 10.6 Å². The van der Waals surface area contributed by atoms with E-state index in [4.69, 9.17) is 16.3 Å². The van der Waals surface area contributed by atoms with Gasteiger partial charge >= 0.3 is 5.97 Å². The Kier molecular flexibility index (Phi) is 6.74. The number of rotatable bonds is 6. The number of carbonyl (C=O) groups excluding carboxylic acids is 3. The maximum Gasteiger partial charge on any atom is 0.329 e. The van der Waals surface area contributed by atoms with Gasteiger partial charge in [-0.15, -0.1) is 0 Å². The van der Waals surface area contributed by atoms with Crippen molar-refractivity contribution in [1.82, 2.24) is 5.32 Å². The Morgan fingerprint density at radius 2 is 1.69 bits per heavy atom. The van der Waals surface area contributed by atoms with Gasteiger partial charge in [-0.05, 0) is 44.2 Å². The van der Waals surface area contributed by atoms with Gasteiger partial charge in [0.05, 0.1) is 0 Å². The summed E-state index contributed by atoms with van der Waals surface area (Å²) < 4.78 is 5.11. The Labute approximate surface area is 156 Å². The summed E-state index contributed by atoms with van der Waals surface area (Å²) in [5, 5.41) is 5.62. The van der Waals surface area contributed by atoms with E-state index in [0.29, 0.717) is 16.3 Å². The van der Waals surface area contributed by atoms with Gasteiger partial charge < -0.3 is 15.4 Å². The molecule has 2 amide bonds. The molecule has 0 aromatic heterocycles. The maximum atomic E-state index is 12.1. The molecule has 2 aromatic rings. The summed E-state index contributed by atoms with van der Waals surface area (Å²) in [7, 11) is 0. The number of esters is 1. The first-order valence-corrected chi connectivity index (χ1v) is 8.37. The lowest BCUT2D eigenvalue weighted by atomic mass is 10.2. The molecule has 0 aliphatic rings. The fourth-order valence-corrected chi connectivity index (χ4v) is 2.26. The molecule has 0 heterocycles. The average Bonchev–Trinajstić information content (AvgIpc) is 2.62. The molecule has 0 aliphatic heterocycles. The van der Waals surface area contributed by atoms with Gasteiger partial charge in [-0.3, -0.25) is 9.59 Å². The zero-order valence-electron chi connectivity index (χ0n) is 14.4. The summed E-state index contributed by atoms with van der Waals surface area (Å²) in [4.78, 5) is 36.2. The zero-order chi connectivity index (χ0) is 19.1. The lowest BCUT2D eigenvalue weighted by Gasteiger charge is -2.17. The van der Waals surface area contributed by atoms with E-state index in [2.05, 4.69) is 10.6 Å². The van der Waals surface area contributed by atoms with Crippen molar-refractivity contribution in [1.29, 1.82) is 0 Å². The second kappa shape index (κ2) is 9.01. The third kappa shape index (κ3) is 5.60. The van der Waals surface area contributed by atoms with Gasteiger partial charge in [-0.2, -0.15) is 0 Å². The molecule has 0 bridgehead atoms. The molecule has 2 N–H and O–H groups in total. The highest BCUT2D eigenvalue weighted by Crippen LogP contribution is 2.15. The van der Waals surface area contributed by atoms with E-state index in [1.54, 1.807) is 54.6 Å². The lowest BCUT2D eigenvalue weighted by Crippen LogP contribution is -2.42. The van der Waals surface area contributed by atoms with Crippen LogP contribution in [0.15, 0.2) is 54.6 Å². The van der Waals surface area contributed by atoms with Gasteiger partial charge in [0.25, 0.3) is 11.8 Å². The first-order valence-electron chi connectivity index (χ1n) is 7.99. The maximum absolute atomic E-state index is 12.1. The molecule has 0 radical (unpaired) electrons. The van der Waals surface area contributed by atoms with Crippen molar-refractivity contribution in [2.45, 2.75) is 26.0 Å². The van der Waals surface area contributed by atoms with E-state index < -0.39 is 29.9 Å². The van der Waals surface area contributed by atoms with Crippen LogP contribution in [0.5, 0.6) is 0 Å². The molecule has 0 saturated carbocycles. The molecule has 7 heteroatoms. The minimum atomic E-state index is -1.03. The molecule has 2 atom stereocenters. The highest BCUT2D eigenvalue weighted by atomic mass is 35.5. The van der Waals surface area contributed by atoms with Gasteiger partial charge in [0, 0.05) is 16.3 Å². The fourth-order valence-electron chi connectivity index (χ4n) is 2.07. The predicted octanol–water partition coefficient (Wildman–Crippen LogP) is 3.03. The monoisotopic (exact) mass is 374 g/mol. The fraction of sp³-hybridized carbons (Fsp3) is 0.211. The smallest absolute Gasteiger partial charge is 0.329 e. The van der Waals surface area contributed by atoms with Crippen LogP contribution in [-0.2, 0) is 14.3 Å². The second-order valence-electron chi connectivity index (χ2n) is 5.64. The normalized spacial score (nSPS) is 12.6. The third-order valence-corrected chi connectivity index (χ3v) is 3.73. The van der Waals surface area contributed by atoms with E-state index in [-0.39, 0.29) is 0 Å². The summed E-state index contributed by atoms with van der Waals surface area (Å²) in [6.07, 6.45) is -1.03. The molecule has 0 unspecified atom stereocenters. The van der Waals surface area contributed by atoms with Crippen LogP contribution in [0.2, 0.25) is 5.02 Å². The number of ether oxygens (including phenoxy) is 1. The lowest BCUT2D eigenvalue weighted by molar-refractivity contribution is -0.154. The van der Waals surface area contributed by atoms with Gasteiger partial charge in [-0.1, -0.05) is 35.9 Å². The largest absolute Gasteiger partial charge is 0.451 e. The molecule has 0 saturated heterocycles. The number of anilines is 1. The molecule has 2 aromatic carbocycles. The van der Waals surface area contributed by atoms with Crippen molar-refractivity contribution in [3.63, 3.8) is 0 Å². The van der Waals surface area contributed by atoms with Crippen LogP contribution in [0.1, 0.15) is 24.2 Å². The summed E-state index contributed by atoms with van der Waals surface area (Å²) in [6.45, 7) is 2.94. The molecule has 26 heavy (non-hydrogen) atoms. The van der Waals surface area contributed by atoms with Gasteiger partial charge in [0.15, 0.2) is 6.10 Å².